The average Bonchev–Trinajstić information content (AvgIpc) is 1.57. The van der Waals surface area contributed by atoms with Gasteiger partial charge in [-0.1, -0.05) is 86.6 Å². The molecular formula is C75H81N9O16. The number of hydrogen-bond acceptors (Lipinski definition) is 17. The van der Waals surface area contributed by atoms with Gasteiger partial charge in [0.1, 0.15) is 31.0 Å². The van der Waals surface area contributed by atoms with E-state index in [4.69, 9.17) is 33.2 Å². The number of rotatable bonds is 23. The van der Waals surface area contributed by atoms with Gasteiger partial charge >= 0.3 is 12.2 Å². The van der Waals surface area contributed by atoms with E-state index < -0.39 is 79.4 Å². The molecule has 5 atom stereocenters. The number of ether oxygens (including phenoxy) is 7. The lowest BCUT2D eigenvalue weighted by Gasteiger charge is -2.31. The van der Waals surface area contributed by atoms with Crippen molar-refractivity contribution in [2.24, 2.45) is 11.3 Å². The molecule has 8 amide bonds. The van der Waals surface area contributed by atoms with Crippen molar-refractivity contribution in [3.63, 3.8) is 0 Å². The topological polar surface area (TPSA) is 295 Å². The Morgan fingerprint density at radius 1 is 0.740 bits per heavy atom. The highest BCUT2D eigenvalue weighted by atomic mass is 16.6. The molecule has 0 aromatic heterocycles. The van der Waals surface area contributed by atoms with Crippen LogP contribution in [0.3, 0.4) is 0 Å². The van der Waals surface area contributed by atoms with Crippen LogP contribution in [-0.4, -0.2) is 165 Å². The summed E-state index contributed by atoms with van der Waals surface area (Å²) in [7, 11) is 4.58. The molecule has 7 aliphatic rings. The van der Waals surface area contributed by atoms with Crippen molar-refractivity contribution < 1.29 is 76.6 Å². The number of aliphatic hydroxyl groups excluding tert-OH is 1. The molecule has 5 heterocycles. The zero-order valence-corrected chi connectivity index (χ0v) is 56.3. The standard InChI is InChI=1S/C75H81N9O16/c1-43(2)30-57(80-69(88)58-16-10-27-81(58)66(86)39-77-65(85)38-78-73(92)100-67-52-14-8-6-12-50(52)51-13-7-9-15-53(51)67)68(87)79-47-21-17-44(18-22-47)41-99-74(93)84-59-35-64(62(96-5)33-55(59)71(90)83-42-75(25-26-75)36-60(83)72(84)91)98-29-11-28-97-63-34-56-54(32-61(63)95-4)70(89)82-40-46(31-48(82)37-76-56)45-19-23-49(94-3)24-20-45/h6-9,12-15,17-24,32-35,40,43,48,57-58,60,67,72,76,91H,10-11,16,25-31,36-39,41-42H2,1-5H3,(H,77,85)(H,78,92)(H,79,87)(H,80,88)/t48-,57-,58-,60-,72?/m0/s1. The Morgan fingerprint density at radius 2 is 1.42 bits per heavy atom. The van der Waals surface area contributed by atoms with Gasteiger partial charge in [-0.3, -0.25) is 28.8 Å². The highest BCUT2D eigenvalue weighted by molar-refractivity contribution is 6.07. The van der Waals surface area contributed by atoms with Crippen LogP contribution in [0.2, 0.25) is 0 Å². The molecule has 25 nitrogen and oxygen atoms in total. The van der Waals surface area contributed by atoms with Crippen LogP contribution < -0.4 is 55.2 Å². The van der Waals surface area contributed by atoms with Gasteiger partial charge in [-0.05, 0) is 121 Å². The average molecular weight is 1360 g/mol. The minimum absolute atomic E-state index is 0.0252. The van der Waals surface area contributed by atoms with E-state index in [-0.39, 0.29) is 84.7 Å². The number of aliphatic hydroxyl groups is 1. The zero-order valence-electron chi connectivity index (χ0n) is 56.3. The summed E-state index contributed by atoms with van der Waals surface area (Å²) in [6.45, 7) is 4.15. The van der Waals surface area contributed by atoms with Gasteiger partial charge in [-0.25, -0.2) is 14.5 Å². The second kappa shape index (κ2) is 28.9. The van der Waals surface area contributed by atoms with Gasteiger partial charge in [0.05, 0.1) is 75.7 Å². The molecule has 1 saturated carbocycles. The third kappa shape index (κ3) is 14.1. The minimum Gasteiger partial charge on any atom is -0.497 e. The van der Waals surface area contributed by atoms with Gasteiger partial charge in [-0.15, -0.1) is 0 Å². The van der Waals surface area contributed by atoms with Gasteiger partial charge in [0.15, 0.2) is 35.3 Å². The Labute approximate surface area is 578 Å². The molecule has 6 aromatic carbocycles. The Hall–Kier alpha value is -10.8. The first-order valence-corrected chi connectivity index (χ1v) is 33.9. The number of methoxy groups -OCH3 is 3. The number of amides is 8. The predicted molar refractivity (Wildman–Crippen MR) is 368 cm³/mol. The van der Waals surface area contributed by atoms with E-state index in [1.165, 1.54) is 31.3 Å². The molecule has 3 fully saturated rings. The van der Waals surface area contributed by atoms with E-state index in [2.05, 4.69) is 26.6 Å². The van der Waals surface area contributed by atoms with E-state index in [1.807, 2.05) is 92.8 Å². The van der Waals surface area contributed by atoms with E-state index in [1.54, 1.807) is 53.3 Å². The number of nitrogens with zero attached hydrogens (tertiary/aromatic N) is 4. The van der Waals surface area contributed by atoms with E-state index >= 15 is 0 Å². The SMILES string of the molecule is COc1ccc(C2=CN3C(=O)c4cc(OC)c(OCCCOc5cc6c(cc5OC)C(=O)N5CC7(CC7)C[C@H]5C(O)N6C(=O)OCc5ccc(NC(=O)[C@H](CC(C)C)NC(=O)[C@@H]6CCCN6C(=O)CNC(=O)CNC(=O)OC6c7ccccc7-c7ccccc76)cc5)cc4NC[C@@H]3C2)cc1. The lowest BCUT2D eigenvalue weighted by Crippen LogP contribution is -2.53. The molecular weight excluding hydrogens is 1280 g/mol. The number of hydrogen-bond donors (Lipinski definition) is 6. The molecule has 2 saturated heterocycles. The Morgan fingerprint density at radius 3 is 2.09 bits per heavy atom. The molecule has 100 heavy (non-hydrogen) atoms. The maximum absolute atomic E-state index is 14.5. The third-order valence-corrected chi connectivity index (χ3v) is 19.7. The normalized spacial score (nSPS) is 19.2. The van der Waals surface area contributed by atoms with Gasteiger partial charge < -0.3 is 79.5 Å². The van der Waals surface area contributed by atoms with E-state index in [0.717, 1.165) is 56.9 Å². The second-order valence-corrected chi connectivity index (χ2v) is 26.7. The molecule has 0 radical (unpaired) electrons. The van der Waals surface area contributed by atoms with Crippen LogP contribution >= 0.6 is 0 Å². The number of alkyl carbamates (subject to hydrolysis) is 1. The van der Waals surface area contributed by atoms with Crippen LogP contribution in [0.1, 0.15) is 114 Å². The monoisotopic (exact) mass is 1360 g/mol. The maximum Gasteiger partial charge on any atom is 0.416 e. The number of carbonyl (C=O) groups is 8. The number of benzene rings is 6. The minimum atomic E-state index is -1.49. The molecule has 25 heteroatoms. The fraction of sp³-hybridized carbons (Fsp3) is 0.387. The quantitative estimate of drug-likeness (QED) is 0.0327. The van der Waals surface area contributed by atoms with Crippen LogP contribution in [0.15, 0.2) is 128 Å². The maximum atomic E-state index is 14.5. The first-order valence-electron chi connectivity index (χ1n) is 33.9. The first kappa shape index (κ1) is 67.7. The molecule has 522 valence electrons. The fourth-order valence-corrected chi connectivity index (χ4v) is 14.3. The number of fused-ring (bicyclic) bond motifs is 7. The highest BCUT2D eigenvalue weighted by Gasteiger charge is 2.58. The summed E-state index contributed by atoms with van der Waals surface area (Å²) in [6.07, 6.45) is 2.47. The van der Waals surface area contributed by atoms with Crippen molar-refractivity contribution in [2.75, 3.05) is 82.8 Å². The largest absolute Gasteiger partial charge is 0.497 e. The second-order valence-electron chi connectivity index (χ2n) is 26.7. The van der Waals surface area contributed by atoms with Crippen LogP contribution in [0.5, 0.6) is 28.7 Å². The number of carbonyl (C=O) groups excluding carboxylic acids is 8. The Kier molecular flexibility index (Phi) is 19.6. The molecule has 1 spiro atoms. The van der Waals surface area contributed by atoms with Crippen molar-refractivity contribution in [3.05, 3.63) is 161 Å². The summed E-state index contributed by atoms with van der Waals surface area (Å²) < 4.78 is 41.1. The van der Waals surface area contributed by atoms with Gasteiger partial charge in [0.25, 0.3) is 11.8 Å². The smallest absolute Gasteiger partial charge is 0.416 e. The lowest BCUT2D eigenvalue weighted by molar-refractivity contribution is -0.139. The lowest BCUT2D eigenvalue weighted by atomic mass is 10.0. The van der Waals surface area contributed by atoms with E-state index in [0.29, 0.717) is 79.2 Å². The first-order chi connectivity index (χ1) is 48.4. The van der Waals surface area contributed by atoms with Crippen LogP contribution in [0, 0.1) is 11.3 Å². The third-order valence-electron chi connectivity index (χ3n) is 19.7. The molecule has 6 N–H and O–H groups in total. The summed E-state index contributed by atoms with van der Waals surface area (Å²) in [5.74, 6) is -0.741. The predicted octanol–water partition coefficient (Wildman–Crippen LogP) is 8.78. The molecule has 1 unspecified atom stereocenters. The summed E-state index contributed by atoms with van der Waals surface area (Å²) in [6, 6.07) is 33.3. The van der Waals surface area contributed by atoms with Crippen molar-refractivity contribution >= 4 is 70.3 Å². The summed E-state index contributed by atoms with van der Waals surface area (Å²) in [4.78, 5) is 116. The summed E-state index contributed by atoms with van der Waals surface area (Å²) in [5, 5.41) is 26.4. The van der Waals surface area contributed by atoms with E-state index in [9.17, 15) is 43.5 Å². The number of likely N-dealkylation sites (tertiary alicyclic amines) is 1. The van der Waals surface area contributed by atoms with Crippen LogP contribution in [0.25, 0.3) is 16.7 Å². The molecule has 13 rings (SSSR count). The van der Waals surface area contributed by atoms with Crippen LogP contribution in [0.4, 0.5) is 26.7 Å². The Balaban J connectivity index is 0.605. The van der Waals surface area contributed by atoms with Gasteiger partial charge in [0, 0.05) is 61.2 Å². The van der Waals surface area contributed by atoms with Crippen molar-refractivity contribution in [3.8, 4) is 39.9 Å². The van der Waals surface area contributed by atoms with Crippen molar-refractivity contribution in [2.45, 2.75) is 108 Å². The fourth-order valence-electron chi connectivity index (χ4n) is 14.3. The summed E-state index contributed by atoms with van der Waals surface area (Å²) >= 11 is 0. The van der Waals surface area contributed by atoms with Gasteiger partial charge in [0.2, 0.25) is 23.6 Å². The molecule has 6 aromatic rings. The van der Waals surface area contributed by atoms with Crippen molar-refractivity contribution in [1.82, 2.24) is 30.7 Å². The summed E-state index contributed by atoms with van der Waals surface area (Å²) in [5.41, 5.74) is 7.67. The van der Waals surface area contributed by atoms with Gasteiger partial charge in [-0.2, -0.15) is 0 Å². The molecule has 5 aliphatic heterocycles. The van der Waals surface area contributed by atoms with Crippen molar-refractivity contribution in [1.29, 1.82) is 0 Å². The Bertz CT molecular complexity index is 4150. The zero-order chi connectivity index (χ0) is 69.9. The molecule has 0 bridgehead atoms. The van der Waals surface area contributed by atoms with Crippen LogP contribution in [-0.2, 0) is 35.3 Å². The number of nitrogens with one attached hydrogen (secondary N) is 5. The highest BCUT2D eigenvalue weighted by Crippen LogP contribution is 2.57. The molecule has 2 aliphatic carbocycles. The number of anilines is 3.